The van der Waals surface area contributed by atoms with Crippen molar-refractivity contribution in [2.24, 2.45) is 0 Å². The molecule has 3 aromatic carbocycles. The monoisotopic (exact) mass is 373 g/mol. The molecule has 0 heterocycles. The quantitative estimate of drug-likeness (QED) is 0.578. The minimum Gasteiger partial charge on any atom is -0.397 e. The van der Waals surface area contributed by atoms with E-state index in [0.29, 0.717) is 22.6 Å². The van der Waals surface area contributed by atoms with Gasteiger partial charge in [0, 0.05) is 11.3 Å². The van der Waals surface area contributed by atoms with Crippen molar-refractivity contribution in [1.82, 2.24) is 0 Å². The van der Waals surface area contributed by atoms with Gasteiger partial charge in [-0.05, 0) is 55.8 Å². The van der Waals surface area contributed by atoms with Gasteiger partial charge >= 0.3 is 0 Å². The van der Waals surface area contributed by atoms with Gasteiger partial charge < -0.3 is 16.4 Å². The van der Waals surface area contributed by atoms with Crippen molar-refractivity contribution in [1.29, 1.82) is 0 Å². The van der Waals surface area contributed by atoms with Gasteiger partial charge in [-0.25, -0.2) is 0 Å². The van der Waals surface area contributed by atoms with E-state index in [2.05, 4.69) is 10.6 Å². The van der Waals surface area contributed by atoms with Crippen LogP contribution < -0.4 is 16.4 Å². The number of hydrogen-bond acceptors (Lipinski definition) is 3. The largest absolute Gasteiger partial charge is 0.397 e. The topological polar surface area (TPSA) is 84.2 Å². The van der Waals surface area contributed by atoms with E-state index in [-0.39, 0.29) is 11.8 Å². The molecule has 0 atom stereocenters. The van der Waals surface area contributed by atoms with Gasteiger partial charge in [0.1, 0.15) is 0 Å². The Morgan fingerprint density at radius 3 is 2.04 bits per heavy atom. The molecule has 3 rings (SSSR count). The minimum absolute atomic E-state index is 0.118. The minimum atomic E-state index is -0.678. The third kappa shape index (κ3) is 4.20. The number of carbonyl (C=O) groups is 2. The lowest BCUT2D eigenvalue weighted by molar-refractivity contribution is -0.120. The summed E-state index contributed by atoms with van der Waals surface area (Å²) in [7, 11) is 0. The highest BCUT2D eigenvalue weighted by molar-refractivity contribution is 6.06. The maximum atomic E-state index is 12.7. The van der Waals surface area contributed by atoms with E-state index in [9.17, 15) is 9.59 Å². The maximum Gasteiger partial charge on any atom is 0.255 e. The first-order valence-electron chi connectivity index (χ1n) is 9.01. The summed E-state index contributed by atoms with van der Waals surface area (Å²) in [6, 6.07) is 23.4. The highest BCUT2D eigenvalue weighted by atomic mass is 16.2. The van der Waals surface area contributed by atoms with Crippen molar-refractivity contribution in [3.05, 3.63) is 90.0 Å². The van der Waals surface area contributed by atoms with Gasteiger partial charge in [-0.3, -0.25) is 9.59 Å². The van der Waals surface area contributed by atoms with Crippen LogP contribution in [0.4, 0.5) is 17.1 Å². The van der Waals surface area contributed by atoms with Gasteiger partial charge in [0.15, 0.2) is 0 Å². The van der Waals surface area contributed by atoms with Crippen LogP contribution in [-0.2, 0) is 10.2 Å². The zero-order valence-electron chi connectivity index (χ0n) is 15.9. The van der Waals surface area contributed by atoms with E-state index in [1.807, 2.05) is 44.2 Å². The van der Waals surface area contributed by atoms with Crippen molar-refractivity contribution in [2.45, 2.75) is 19.3 Å². The first-order valence-corrected chi connectivity index (χ1v) is 9.01. The molecule has 28 heavy (non-hydrogen) atoms. The Balaban J connectivity index is 1.68. The number of nitrogens with two attached hydrogens (primary N) is 1. The van der Waals surface area contributed by atoms with Crippen molar-refractivity contribution in [3.8, 4) is 0 Å². The summed E-state index contributed by atoms with van der Waals surface area (Å²) in [4.78, 5) is 25.1. The summed E-state index contributed by atoms with van der Waals surface area (Å²) in [5.41, 5.74) is 8.28. The lowest BCUT2D eigenvalue weighted by Gasteiger charge is -2.24. The maximum absolute atomic E-state index is 12.7. The Kier molecular flexibility index (Phi) is 5.45. The standard InChI is InChI=1S/C23H23N3O2/c1-23(2,17-8-4-3-5-9-17)22(28)25-18-14-12-16(13-15-18)21(27)26-20-11-7-6-10-19(20)24/h3-15H,24H2,1-2H3,(H,25,28)(H,26,27). The molecule has 142 valence electrons. The van der Waals surface area contributed by atoms with Crippen LogP contribution in [-0.4, -0.2) is 11.8 Å². The molecule has 0 fully saturated rings. The molecular formula is C23H23N3O2. The van der Waals surface area contributed by atoms with Crippen molar-refractivity contribution < 1.29 is 9.59 Å². The van der Waals surface area contributed by atoms with E-state index < -0.39 is 5.41 Å². The molecule has 0 saturated carbocycles. The summed E-state index contributed by atoms with van der Waals surface area (Å²) < 4.78 is 0. The zero-order valence-corrected chi connectivity index (χ0v) is 15.9. The Morgan fingerprint density at radius 2 is 1.39 bits per heavy atom. The first-order chi connectivity index (χ1) is 13.4. The summed E-state index contributed by atoms with van der Waals surface area (Å²) >= 11 is 0. The van der Waals surface area contributed by atoms with Crippen LogP contribution in [0.3, 0.4) is 0 Å². The summed E-state index contributed by atoms with van der Waals surface area (Å²) in [6.07, 6.45) is 0. The Hall–Kier alpha value is -3.60. The number of nitrogen functional groups attached to an aromatic ring is 1. The van der Waals surface area contributed by atoms with E-state index in [1.165, 1.54) is 0 Å². The molecule has 3 aromatic rings. The molecule has 0 aliphatic rings. The highest BCUT2D eigenvalue weighted by Gasteiger charge is 2.29. The molecule has 0 aliphatic carbocycles. The molecule has 0 unspecified atom stereocenters. The van der Waals surface area contributed by atoms with Crippen molar-refractivity contribution in [3.63, 3.8) is 0 Å². The second kappa shape index (κ2) is 7.96. The Bertz CT molecular complexity index is 980. The first kappa shape index (κ1) is 19.2. The van der Waals surface area contributed by atoms with Crippen LogP contribution in [0.2, 0.25) is 0 Å². The molecule has 0 spiro atoms. The third-order valence-corrected chi connectivity index (χ3v) is 4.68. The van der Waals surface area contributed by atoms with E-state index in [4.69, 9.17) is 5.73 Å². The normalized spacial score (nSPS) is 10.9. The number of nitrogens with one attached hydrogen (secondary N) is 2. The number of amides is 2. The molecule has 2 amide bonds. The lowest BCUT2D eigenvalue weighted by Crippen LogP contribution is -2.34. The van der Waals surface area contributed by atoms with Gasteiger partial charge in [0.25, 0.3) is 5.91 Å². The molecular weight excluding hydrogens is 350 g/mol. The molecule has 5 heteroatoms. The predicted octanol–water partition coefficient (Wildman–Crippen LogP) is 4.44. The Morgan fingerprint density at radius 1 is 0.786 bits per heavy atom. The van der Waals surface area contributed by atoms with Crippen LogP contribution in [0.25, 0.3) is 0 Å². The number of para-hydroxylation sites is 2. The number of hydrogen-bond donors (Lipinski definition) is 3. The number of anilines is 3. The van der Waals surface area contributed by atoms with Crippen molar-refractivity contribution in [2.75, 3.05) is 16.4 Å². The molecule has 0 radical (unpaired) electrons. The van der Waals surface area contributed by atoms with Crippen LogP contribution in [0, 0.1) is 0 Å². The fourth-order valence-corrected chi connectivity index (χ4v) is 2.78. The van der Waals surface area contributed by atoms with Crippen LogP contribution >= 0.6 is 0 Å². The lowest BCUT2D eigenvalue weighted by atomic mass is 9.83. The average Bonchev–Trinajstić information content (AvgIpc) is 2.71. The molecule has 0 bridgehead atoms. The Labute approximate surface area is 164 Å². The van der Waals surface area contributed by atoms with Gasteiger partial charge in [-0.2, -0.15) is 0 Å². The second-order valence-electron chi connectivity index (χ2n) is 7.06. The second-order valence-corrected chi connectivity index (χ2v) is 7.06. The average molecular weight is 373 g/mol. The molecule has 0 aromatic heterocycles. The highest BCUT2D eigenvalue weighted by Crippen LogP contribution is 2.25. The number of benzene rings is 3. The number of carbonyl (C=O) groups excluding carboxylic acids is 2. The molecule has 0 aliphatic heterocycles. The van der Waals surface area contributed by atoms with Gasteiger partial charge in [0.05, 0.1) is 16.8 Å². The molecule has 0 saturated heterocycles. The summed E-state index contributed by atoms with van der Waals surface area (Å²) in [5.74, 6) is -0.381. The van der Waals surface area contributed by atoms with Gasteiger partial charge in [-0.1, -0.05) is 42.5 Å². The van der Waals surface area contributed by atoms with E-state index >= 15 is 0 Å². The summed E-state index contributed by atoms with van der Waals surface area (Å²) in [5, 5.41) is 5.70. The fourth-order valence-electron chi connectivity index (χ4n) is 2.78. The zero-order chi connectivity index (χ0) is 20.1. The molecule has 5 nitrogen and oxygen atoms in total. The number of rotatable bonds is 5. The van der Waals surface area contributed by atoms with Crippen LogP contribution in [0.15, 0.2) is 78.9 Å². The molecule has 4 N–H and O–H groups in total. The van der Waals surface area contributed by atoms with Crippen LogP contribution in [0.1, 0.15) is 29.8 Å². The van der Waals surface area contributed by atoms with Gasteiger partial charge in [-0.15, -0.1) is 0 Å². The predicted molar refractivity (Wildman–Crippen MR) is 113 cm³/mol. The SMILES string of the molecule is CC(C)(C(=O)Nc1ccc(C(=O)Nc2ccccc2N)cc1)c1ccccc1. The van der Waals surface area contributed by atoms with Crippen LogP contribution in [0.5, 0.6) is 0 Å². The van der Waals surface area contributed by atoms with E-state index in [0.717, 1.165) is 5.56 Å². The fraction of sp³-hybridized carbons (Fsp3) is 0.130. The third-order valence-electron chi connectivity index (χ3n) is 4.68. The van der Waals surface area contributed by atoms with E-state index in [1.54, 1.807) is 48.5 Å². The van der Waals surface area contributed by atoms with Gasteiger partial charge in [0.2, 0.25) is 5.91 Å². The smallest absolute Gasteiger partial charge is 0.255 e. The summed E-state index contributed by atoms with van der Waals surface area (Å²) in [6.45, 7) is 3.76. The van der Waals surface area contributed by atoms with Crippen molar-refractivity contribution >= 4 is 28.9 Å².